The summed E-state index contributed by atoms with van der Waals surface area (Å²) in [6.45, 7) is 4.36. The number of nitriles is 1. The molecule has 0 atom stereocenters. The highest BCUT2D eigenvalue weighted by molar-refractivity contribution is 6.02. The Kier molecular flexibility index (Phi) is 7.26. The molecule has 1 saturated heterocycles. The van der Waals surface area contributed by atoms with Crippen molar-refractivity contribution in [3.05, 3.63) is 29.3 Å². The average molecular weight is 345 g/mol. The minimum Gasteiger partial charge on any atom is -0.497 e. The van der Waals surface area contributed by atoms with Crippen LogP contribution in [0.4, 0.5) is 0 Å². The Morgan fingerprint density at radius 1 is 1.36 bits per heavy atom. The third-order valence-corrected chi connectivity index (χ3v) is 3.92. The van der Waals surface area contributed by atoms with Gasteiger partial charge in [-0.15, -0.1) is 0 Å². The number of amides is 1. The number of morpholine rings is 1. The smallest absolute Gasteiger partial charge is 0.262 e. The summed E-state index contributed by atoms with van der Waals surface area (Å²) in [6, 6.07) is 7.15. The highest BCUT2D eigenvalue weighted by Gasteiger charge is 2.13. The summed E-state index contributed by atoms with van der Waals surface area (Å²) < 4.78 is 15.7. The van der Waals surface area contributed by atoms with Crippen molar-refractivity contribution in [1.82, 2.24) is 10.2 Å². The van der Waals surface area contributed by atoms with E-state index >= 15 is 0 Å². The van der Waals surface area contributed by atoms with Crippen molar-refractivity contribution < 1.29 is 19.0 Å². The molecule has 1 N–H and O–H groups in total. The molecule has 7 heteroatoms. The van der Waals surface area contributed by atoms with Crippen LogP contribution in [0.5, 0.6) is 11.5 Å². The Morgan fingerprint density at radius 2 is 2.12 bits per heavy atom. The lowest BCUT2D eigenvalue weighted by atomic mass is 10.1. The normalized spacial score (nSPS) is 15.3. The molecular formula is C18H23N3O4. The van der Waals surface area contributed by atoms with Crippen LogP contribution in [0.15, 0.2) is 23.8 Å². The zero-order valence-corrected chi connectivity index (χ0v) is 14.6. The quantitative estimate of drug-likeness (QED) is 0.588. The molecule has 0 radical (unpaired) electrons. The van der Waals surface area contributed by atoms with E-state index in [0.29, 0.717) is 36.8 Å². The van der Waals surface area contributed by atoms with E-state index < -0.39 is 5.91 Å². The zero-order chi connectivity index (χ0) is 18.1. The summed E-state index contributed by atoms with van der Waals surface area (Å²) in [5.74, 6) is 0.785. The molecule has 0 spiro atoms. The van der Waals surface area contributed by atoms with Crippen molar-refractivity contribution in [3.8, 4) is 17.6 Å². The zero-order valence-electron chi connectivity index (χ0n) is 14.6. The van der Waals surface area contributed by atoms with E-state index in [4.69, 9.17) is 14.2 Å². The van der Waals surface area contributed by atoms with Gasteiger partial charge >= 0.3 is 0 Å². The van der Waals surface area contributed by atoms with Gasteiger partial charge < -0.3 is 19.5 Å². The van der Waals surface area contributed by atoms with Gasteiger partial charge in [0.1, 0.15) is 23.1 Å². The predicted molar refractivity (Wildman–Crippen MR) is 93.4 cm³/mol. The molecule has 134 valence electrons. The van der Waals surface area contributed by atoms with E-state index in [0.717, 1.165) is 19.6 Å². The molecule has 7 nitrogen and oxygen atoms in total. The summed E-state index contributed by atoms with van der Waals surface area (Å²) in [5, 5.41) is 12.1. The summed E-state index contributed by atoms with van der Waals surface area (Å²) in [6.07, 6.45) is 1.51. The minimum atomic E-state index is -0.402. The number of hydrogen-bond donors (Lipinski definition) is 1. The monoisotopic (exact) mass is 345 g/mol. The summed E-state index contributed by atoms with van der Waals surface area (Å²) in [5.41, 5.74) is 0.634. The first kappa shape index (κ1) is 18.8. The SMILES string of the molecule is COc1ccc(OC)c(C=C(C#N)C(=O)NCCN2CCOCC2)c1. The van der Waals surface area contributed by atoms with Crippen molar-refractivity contribution in [2.75, 3.05) is 53.6 Å². The van der Waals surface area contributed by atoms with Gasteiger partial charge in [-0.3, -0.25) is 9.69 Å². The molecule has 0 aliphatic carbocycles. The summed E-state index contributed by atoms with van der Waals surface area (Å²) in [4.78, 5) is 14.5. The molecule has 1 aromatic carbocycles. The van der Waals surface area contributed by atoms with E-state index in [1.165, 1.54) is 13.2 Å². The number of rotatable bonds is 7. The molecule has 2 rings (SSSR count). The highest BCUT2D eigenvalue weighted by Crippen LogP contribution is 2.26. The van der Waals surface area contributed by atoms with Crippen LogP contribution in [0, 0.1) is 11.3 Å². The van der Waals surface area contributed by atoms with Crippen molar-refractivity contribution >= 4 is 12.0 Å². The van der Waals surface area contributed by atoms with E-state index in [9.17, 15) is 10.1 Å². The molecule has 1 aliphatic heterocycles. The molecule has 1 amide bonds. The van der Waals surface area contributed by atoms with Crippen molar-refractivity contribution in [1.29, 1.82) is 5.26 Å². The van der Waals surface area contributed by atoms with Gasteiger partial charge in [0.05, 0.1) is 27.4 Å². The number of carbonyl (C=O) groups is 1. The number of hydrogen-bond acceptors (Lipinski definition) is 6. The lowest BCUT2D eigenvalue weighted by Crippen LogP contribution is -2.41. The Morgan fingerprint density at radius 3 is 2.76 bits per heavy atom. The molecule has 25 heavy (non-hydrogen) atoms. The standard InChI is InChI=1S/C18H23N3O4/c1-23-16-3-4-17(24-2)14(12-16)11-15(13-19)18(22)20-5-6-21-7-9-25-10-8-21/h3-4,11-12H,5-10H2,1-2H3,(H,20,22). The maximum absolute atomic E-state index is 12.3. The molecular weight excluding hydrogens is 322 g/mol. The lowest BCUT2D eigenvalue weighted by molar-refractivity contribution is -0.117. The van der Waals surface area contributed by atoms with Crippen LogP contribution in [0.1, 0.15) is 5.56 Å². The van der Waals surface area contributed by atoms with Crippen LogP contribution in [-0.4, -0.2) is 64.4 Å². The van der Waals surface area contributed by atoms with Crippen molar-refractivity contribution in [3.63, 3.8) is 0 Å². The summed E-state index contributed by atoms with van der Waals surface area (Å²) in [7, 11) is 3.09. The van der Waals surface area contributed by atoms with E-state index in [2.05, 4.69) is 10.2 Å². The number of nitrogens with zero attached hydrogens (tertiary/aromatic N) is 2. The second-order valence-electron chi connectivity index (χ2n) is 5.49. The number of benzene rings is 1. The lowest BCUT2D eigenvalue weighted by Gasteiger charge is -2.26. The molecule has 0 bridgehead atoms. The van der Waals surface area contributed by atoms with Gasteiger partial charge in [-0.05, 0) is 24.3 Å². The Labute approximate surface area is 147 Å². The largest absolute Gasteiger partial charge is 0.497 e. The second kappa shape index (κ2) is 9.67. The van der Waals surface area contributed by atoms with E-state index in [1.807, 2.05) is 6.07 Å². The van der Waals surface area contributed by atoms with Crippen LogP contribution < -0.4 is 14.8 Å². The number of carbonyl (C=O) groups excluding carboxylic acids is 1. The number of ether oxygens (including phenoxy) is 3. The summed E-state index contributed by atoms with van der Waals surface area (Å²) >= 11 is 0. The topological polar surface area (TPSA) is 83.8 Å². The van der Waals surface area contributed by atoms with Crippen molar-refractivity contribution in [2.45, 2.75) is 0 Å². The molecule has 0 unspecified atom stereocenters. The van der Waals surface area contributed by atoms with E-state index in [-0.39, 0.29) is 5.57 Å². The van der Waals surface area contributed by atoms with Crippen molar-refractivity contribution in [2.24, 2.45) is 0 Å². The first-order valence-corrected chi connectivity index (χ1v) is 8.10. The van der Waals surface area contributed by atoms with Crippen LogP contribution in [0.3, 0.4) is 0 Å². The van der Waals surface area contributed by atoms with E-state index in [1.54, 1.807) is 25.3 Å². The van der Waals surface area contributed by atoms with Gasteiger partial charge in [-0.2, -0.15) is 5.26 Å². The van der Waals surface area contributed by atoms with Gasteiger partial charge in [0.25, 0.3) is 5.91 Å². The van der Waals surface area contributed by atoms with Crippen LogP contribution >= 0.6 is 0 Å². The maximum atomic E-state index is 12.3. The minimum absolute atomic E-state index is 0.0218. The van der Waals surface area contributed by atoms with Crippen LogP contribution in [0.2, 0.25) is 0 Å². The van der Waals surface area contributed by atoms with Gasteiger partial charge in [-0.1, -0.05) is 0 Å². The number of nitrogens with one attached hydrogen (secondary N) is 1. The van der Waals surface area contributed by atoms with Crippen LogP contribution in [0.25, 0.3) is 6.08 Å². The fourth-order valence-electron chi connectivity index (χ4n) is 2.50. The molecule has 1 heterocycles. The molecule has 1 aromatic rings. The average Bonchev–Trinajstić information content (AvgIpc) is 2.66. The van der Waals surface area contributed by atoms with Gasteiger partial charge in [-0.25, -0.2) is 0 Å². The molecule has 1 fully saturated rings. The van der Waals surface area contributed by atoms with Gasteiger partial charge in [0.2, 0.25) is 0 Å². The maximum Gasteiger partial charge on any atom is 0.262 e. The third-order valence-electron chi connectivity index (χ3n) is 3.92. The fraction of sp³-hybridized carbons (Fsp3) is 0.444. The van der Waals surface area contributed by atoms with Gasteiger partial charge in [0, 0.05) is 31.7 Å². The van der Waals surface area contributed by atoms with Crippen LogP contribution in [-0.2, 0) is 9.53 Å². The first-order chi connectivity index (χ1) is 12.2. The molecule has 0 saturated carbocycles. The first-order valence-electron chi connectivity index (χ1n) is 8.10. The third kappa shape index (κ3) is 5.48. The second-order valence-corrected chi connectivity index (χ2v) is 5.49. The Balaban J connectivity index is 2.01. The van der Waals surface area contributed by atoms with Gasteiger partial charge in [0.15, 0.2) is 0 Å². The predicted octanol–water partition coefficient (Wildman–Crippen LogP) is 1.06. The number of methoxy groups -OCH3 is 2. The highest BCUT2D eigenvalue weighted by atomic mass is 16.5. The molecule has 0 aromatic heterocycles. The Hall–Kier alpha value is -2.56. The Bertz CT molecular complexity index is 661. The fourth-order valence-corrected chi connectivity index (χ4v) is 2.50. The molecule has 1 aliphatic rings.